The molecule has 3 aliphatic rings. The highest BCUT2D eigenvalue weighted by molar-refractivity contribution is 5.79. The summed E-state index contributed by atoms with van der Waals surface area (Å²) in [5.41, 5.74) is 9.10. The van der Waals surface area contributed by atoms with Gasteiger partial charge < -0.3 is 21.3 Å². The molecule has 3 rings (SSSR count). The number of hydrogen-bond donors (Lipinski definition) is 3. The van der Waals surface area contributed by atoms with Gasteiger partial charge in [0.05, 0.1) is 17.4 Å². The van der Waals surface area contributed by atoms with Crippen LogP contribution in [0.3, 0.4) is 0 Å². The van der Waals surface area contributed by atoms with Gasteiger partial charge in [-0.05, 0) is 49.8 Å². The molecule has 4 N–H and O–H groups in total. The molecule has 6 heteroatoms. The summed E-state index contributed by atoms with van der Waals surface area (Å²) >= 11 is 0. The zero-order chi connectivity index (χ0) is 19.2. The average Bonchev–Trinajstić information content (AvgIpc) is 3.40. The minimum atomic E-state index is 0.0517. The number of rotatable bonds is 8. The first-order valence-electron chi connectivity index (χ1n) is 9.88. The lowest BCUT2D eigenvalue weighted by Gasteiger charge is -2.35. The molecule has 1 atom stereocenters. The van der Waals surface area contributed by atoms with Crippen molar-refractivity contribution >= 4 is 12.1 Å². The van der Waals surface area contributed by atoms with Crippen molar-refractivity contribution < 1.29 is 4.79 Å². The first-order chi connectivity index (χ1) is 13.1. The summed E-state index contributed by atoms with van der Waals surface area (Å²) in [5.74, 6) is 1.04. The molecule has 6 nitrogen and oxygen atoms in total. The molecule has 0 aromatic carbocycles. The van der Waals surface area contributed by atoms with E-state index in [1.165, 1.54) is 5.57 Å². The number of hydrogen-bond acceptors (Lipinski definition) is 5. The first-order valence-corrected chi connectivity index (χ1v) is 9.88. The molecule has 1 unspecified atom stereocenters. The summed E-state index contributed by atoms with van der Waals surface area (Å²) in [7, 11) is 0. The summed E-state index contributed by atoms with van der Waals surface area (Å²) in [6.45, 7) is 10.1. The number of likely N-dealkylation sites (tertiary alicyclic amines) is 1. The van der Waals surface area contributed by atoms with Crippen molar-refractivity contribution in [1.82, 2.24) is 15.5 Å². The fraction of sp³-hybridized carbons (Fsp3) is 0.524. The van der Waals surface area contributed by atoms with E-state index in [0.29, 0.717) is 11.7 Å². The lowest BCUT2D eigenvalue weighted by molar-refractivity contribution is -0.126. The van der Waals surface area contributed by atoms with Crippen LogP contribution in [-0.2, 0) is 4.79 Å². The number of piperidine rings is 1. The summed E-state index contributed by atoms with van der Waals surface area (Å²) < 4.78 is 0. The first kappa shape index (κ1) is 19.3. The molecule has 1 amide bonds. The van der Waals surface area contributed by atoms with Gasteiger partial charge in [0.25, 0.3) is 0 Å². The highest BCUT2D eigenvalue weighted by atomic mass is 16.2. The second kappa shape index (κ2) is 8.93. The molecule has 2 aliphatic heterocycles. The standard InChI is InChI=1S/C21H31N5O/c1-3-15(2)23-11-9-19(13-16-8-10-24-20(16)22)26-12-4-5-17(14-26)21(27)25-18-6-7-18/h3,9,11,17-18,24H,1-2,4-8,10,12-14,22H2,(H,25,27)/b19-9+,23-11?. The predicted molar refractivity (Wildman–Crippen MR) is 110 cm³/mol. The van der Waals surface area contributed by atoms with Crippen LogP contribution in [0.25, 0.3) is 0 Å². The highest BCUT2D eigenvalue weighted by Gasteiger charge is 2.31. The third-order valence-corrected chi connectivity index (χ3v) is 5.38. The third-order valence-electron chi connectivity index (χ3n) is 5.38. The summed E-state index contributed by atoms with van der Waals surface area (Å²) in [5, 5.41) is 6.36. The van der Waals surface area contributed by atoms with Crippen molar-refractivity contribution in [2.45, 2.75) is 44.6 Å². The molecule has 2 heterocycles. The Hall–Kier alpha value is -2.50. The lowest BCUT2D eigenvalue weighted by atomic mass is 9.95. The van der Waals surface area contributed by atoms with E-state index in [0.717, 1.165) is 69.7 Å². The van der Waals surface area contributed by atoms with Gasteiger partial charge in [-0.2, -0.15) is 0 Å². The topological polar surface area (TPSA) is 82.8 Å². The maximum atomic E-state index is 12.5. The van der Waals surface area contributed by atoms with Crippen molar-refractivity contribution in [3.05, 3.63) is 48.1 Å². The predicted octanol–water partition coefficient (Wildman–Crippen LogP) is 2.19. The SMILES string of the molecule is C=CC(=C)N=C/C=C(\CC1=C(N)NCC1)N1CCCC(C(=O)NC2CC2)C1. The molecule has 1 saturated heterocycles. The van der Waals surface area contributed by atoms with E-state index in [2.05, 4.69) is 33.7 Å². The summed E-state index contributed by atoms with van der Waals surface area (Å²) in [4.78, 5) is 19.1. The number of carbonyl (C=O) groups excluding carboxylic acids is 1. The van der Waals surface area contributed by atoms with Crippen molar-refractivity contribution in [3.63, 3.8) is 0 Å². The number of aliphatic imine (C=N–C) groups is 1. The molecule has 146 valence electrons. The van der Waals surface area contributed by atoms with Crippen LogP contribution in [0.5, 0.6) is 0 Å². The number of nitrogens with two attached hydrogens (primary N) is 1. The molecule has 1 aliphatic carbocycles. The maximum absolute atomic E-state index is 12.5. The molecule has 1 saturated carbocycles. The Morgan fingerprint density at radius 2 is 2.22 bits per heavy atom. The number of carbonyl (C=O) groups is 1. The molecule has 0 spiro atoms. The maximum Gasteiger partial charge on any atom is 0.225 e. The van der Waals surface area contributed by atoms with Gasteiger partial charge in [0, 0.05) is 44.0 Å². The Kier molecular flexibility index (Phi) is 6.37. The van der Waals surface area contributed by atoms with E-state index >= 15 is 0 Å². The van der Waals surface area contributed by atoms with E-state index in [4.69, 9.17) is 5.73 Å². The van der Waals surface area contributed by atoms with Crippen molar-refractivity contribution in [1.29, 1.82) is 0 Å². The van der Waals surface area contributed by atoms with Crippen LogP contribution in [-0.4, -0.2) is 42.7 Å². The second-order valence-corrected chi connectivity index (χ2v) is 7.57. The van der Waals surface area contributed by atoms with Crippen molar-refractivity contribution in [3.8, 4) is 0 Å². The number of allylic oxidation sites excluding steroid dienone is 3. The zero-order valence-corrected chi connectivity index (χ0v) is 16.0. The molecular weight excluding hydrogens is 338 g/mol. The molecule has 0 aromatic heterocycles. The summed E-state index contributed by atoms with van der Waals surface area (Å²) in [6, 6.07) is 0.412. The van der Waals surface area contributed by atoms with Gasteiger partial charge in [0.1, 0.15) is 0 Å². The number of nitrogens with one attached hydrogen (secondary N) is 2. The van der Waals surface area contributed by atoms with E-state index in [9.17, 15) is 4.79 Å². The third kappa shape index (κ3) is 5.49. The zero-order valence-electron chi connectivity index (χ0n) is 16.0. The highest BCUT2D eigenvalue weighted by Crippen LogP contribution is 2.27. The Balaban J connectivity index is 1.71. The van der Waals surface area contributed by atoms with Crippen molar-refractivity contribution in [2.75, 3.05) is 19.6 Å². The molecule has 27 heavy (non-hydrogen) atoms. The molecule has 0 bridgehead atoms. The van der Waals surface area contributed by atoms with Crippen molar-refractivity contribution in [2.24, 2.45) is 16.6 Å². The summed E-state index contributed by atoms with van der Waals surface area (Å²) in [6.07, 6.45) is 11.4. The van der Waals surface area contributed by atoms with Gasteiger partial charge >= 0.3 is 0 Å². The second-order valence-electron chi connectivity index (χ2n) is 7.57. The van der Waals surface area contributed by atoms with E-state index < -0.39 is 0 Å². The lowest BCUT2D eigenvalue weighted by Crippen LogP contribution is -2.43. The molecule has 2 fully saturated rings. The van der Waals surface area contributed by atoms with Crippen LogP contribution < -0.4 is 16.4 Å². The van der Waals surface area contributed by atoms with Gasteiger partial charge in [-0.15, -0.1) is 0 Å². The van der Waals surface area contributed by atoms with E-state index in [-0.39, 0.29) is 11.8 Å². The fourth-order valence-electron chi connectivity index (χ4n) is 3.56. The number of amides is 1. The minimum absolute atomic E-state index is 0.0517. The molecule has 0 radical (unpaired) electrons. The van der Waals surface area contributed by atoms with Crippen LogP contribution in [0.1, 0.15) is 38.5 Å². The molecule has 0 aromatic rings. The Bertz CT molecular complexity index is 687. The quantitative estimate of drug-likeness (QED) is 0.452. The normalized spacial score (nSPS) is 23.5. The van der Waals surface area contributed by atoms with Crippen LogP contribution in [0, 0.1) is 5.92 Å². The van der Waals surface area contributed by atoms with Gasteiger partial charge in [0.15, 0.2) is 0 Å². The van der Waals surface area contributed by atoms with Crippen LogP contribution >= 0.6 is 0 Å². The Labute approximate surface area is 162 Å². The van der Waals surface area contributed by atoms with E-state index in [1.807, 2.05) is 6.08 Å². The largest absolute Gasteiger partial charge is 0.386 e. The van der Waals surface area contributed by atoms with Crippen LogP contribution in [0.2, 0.25) is 0 Å². The Morgan fingerprint density at radius 1 is 1.41 bits per heavy atom. The fourth-order valence-corrected chi connectivity index (χ4v) is 3.56. The molecular formula is C21H31N5O. The minimum Gasteiger partial charge on any atom is -0.386 e. The Morgan fingerprint density at radius 3 is 2.89 bits per heavy atom. The van der Waals surface area contributed by atoms with Crippen LogP contribution in [0.15, 0.2) is 53.1 Å². The monoisotopic (exact) mass is 369 g/mol. The van der Waals surface area contributed by atoms with Gasteiger partial charge in [0.2, 0.25) is 5.91 Å². The number of nitrogens with zero attached hydrogens (tertiary/aromatic N) is 2. The average molecular weight is 370 g/mol. The van der Waals surface area contributed by atoms with Gasteiger partial charge in [-0.1, -0.05) is 13.2 Å². The van der Waals surface area contributed by atoms with Gasteiger partial charge in [-0.3, -0.25) is 9.79 Å². The smallest absolute Gasteiger partial charge is 0.225 e. The van der Waals surface area contributed by atoms with E-state index in [1.54, 1.807) is 12.3 Å². The van der Waals surface area contributed by atoms with Gasteiger partial charge in [-0.25, -0.2) is 0 Å². The van der Waals surface area contributed by atoms with Crippen LogP contribution in [0.4, 0.5) is 0 Å².